The third-order valence-corrected chi connectivity index (χ3v) is 5.47. The topological polar surface area (TPSA) is 55.1 Å². The second-order valence-corrected chi connectivity index (χ2v) is 7.60. The summed E-state index contributed by atoms with van der Waals surface area (Å²) in [5, 5.41) is 7.14. The molecule has 0 aliphatic heterocycles. The summed E-state index contributed by atoms with van der Waals surface area (Å²) in [5.74, 6) is 1.94. The van der Waals surface area contributed by atoms with Crippen molar-refractivity contribution in [1.82, 2.24) is 10.5 Å². The van der Waals surface area contributed by atoms with Crippen molar-refractivity contribution in [2.75, 3.05) is 5.75 Å². The first kappa shape index (κ1) is 19.2. The number of nitrogens with zero attached hydrogens (tertiary/aromatic N) is 1. The molecule has 3 aromatic rings. The van der Waals surface area contributed by atoms with Gasteiger partial charge < -0.3 is 9.84 Å². The fraction of sp³-hybridized carbons (Fsp3) is 0.273. The van der Waals surface area contributed by atoms with Crippen molar-refractivity contribution in [1.29, 1.82) is 0 Å². The first-order valence-corrected chi connectivity index (χ1v) is 10.1. The molecule has 0 saturated heterocycles. The maximum atomic E-state index is 12.6. The van der Waals surface area contributed by atoms with E-state index in [0.29, 0.717) is 5.75 Å². The standard InChI is InChI=1S/C22H24N2O2S/c1-15-9-11-19(12-10-15)22(18-7-5-4-6-8-18)23-21(25)14-27-13-20-16(2)24-26-17(20)3/h4-12,22H,13-14H2,1-3H3,(H,23,25). The zero-order chi connectivity index (χ0) is 19.2. The first-order valence-electron chi connectivity index (χ1n) is 8.95. The molecule has 3 rings (SSSR count). The highest BCUT2D eigenvalue weighted by molar-refractivity contribution is 7.99. The van der Waals surface area contributed by atoms with Crippen LogP contribution in [0.15, 0.2) is 59.1 Å². The fourth-order valence-electron chi connectivity index (χ4n) is 2.92. The maximum absolute atomic E-state index is 12.6. The van der Waals surface area contributed by atoms with Gasteiger partial charge in [-0.2, -0.15) is 0 Å². The van der Waals surface area contributed by atoms with Gasteiger partial charge in [-0.1, -0.05) is 65.3 Å². The predicted octanol–water partition coefficient (Wildman–Crippen LogP) is 4.74. The fourth-order valence-corrected chi connectivity index (χ4v) is 3.91. The molecular weight excluding hydrogens is 356 g/mol. The molecule has 0 aliphatic rings. The maximum Gasteiger partial charge on any atom is 0.230 e. The van der Waals surface area contributed by atoms with Crippen LogP contribution in [0.1, 0.15) is 39.7 Å². The molecule has 1 atom stereocenters. The number of aryl methyl sites for hydroxylation is 3. The summed E-state index contributed by atoms with van der Waals surface area (Å²) < 4.78 is 5.18. The van der Waals surface area contributed by atoms with Gasteiger partial charge in [0.25, 0.3) is 0 Å². The number of rotatable bonds is 7. The Kier molecular flexibility index (Phi) is 6.35. The van der Waals surface area contributed by atoms with Crippen molar-refractivity contribution >= 4 is 17.7 Å². The van der Waals surface area contributed by atoms with E-state index in [4.69, 9.17) is 4.52 Å². The first-order chi connectivity index (χ1) is 13.0. The lowest BCUT2D eigenvalue weighted by molar-refractivity contribution is -0.119. The van der Waals surface area contributed by atoms with Gasteiger partial charge >= 0.3 is 0 Å². The summed E-state index contributed by atoms with van der Waals surface area (Å²) in [7, 11) is 0. The number of thioether (sulfide) groups is 1. The summed E-state index contributed by atoms with van der Waals surface area (Å²) in [6.45, 7) is 5.89. The molecule has 0 aliphatic carbocycles. The van der Waals surface area contributed by atoms with Crippen LogP contribution in [-0.2, 0) is 10.5 Å². The van der Waals surface area contributed by atoms with Gasteiger partial charge in [0.15, 0.2) is 0 Å². The normalized spacial score (nSPS) is 12.0. The lowest BCUT2D eigenvalue weighted by Crippen LogP contribution is -2.30. The van der Waals surface area contributed by atoms with Crippen LogP contribution in [0.2, 0.25) is 0 Å². The van der Waals surface area contributed by atoms with E-state index in [9.17, 15) is 4.79 Å². The van der Waals surface area contributed by atoms with Crippen LogP contribution < -0.4 is 5.32 Å². The van der Waals surface area contributed by atoms with Crippen molar-refractivity contribution in [3.05, 3.63) is 88.3 Å². The minimum absolute atomic E-state index is 0.0150. The van der Waals surface area contributed by atoms with Crippen LogP contribution in [0.5, 0.6) is 0 Å². The van der Waals surface area contributed by atoms with Gasteiger partial charge in [0.2, 0.25) is 5.91 Å². The van der Waals surface area contributed by atoms with Crippen molar-refractivity contribution < 1.29 is 9.32 Å². The van der Waals surface area contributed by atoms with E-state index in [1.807, 2.05) is 44.2 Å². The average Bonchev–Trinajstić information content (AvgIpc) is 3.00. The number of hydrogen-bond donors (Lipinski definition) is 1. The van der Waals surface area contributed by atoms with Crippen LogP contribution in [0.25, 0.3) is 0 Å². The zero-order valence-electron chi connectivity index (χ0n) is 15.9. The second kappa shape index (κ2) is 8.91. The highest BCUT2D eigenvalue weighted by Gasteiger charge is 2.17. The summed E-state index contributed by atoms with van der Waals surface area (Å²) >= 11 is 1.57. The van der Waals surface area contributed by atoms with Crippen LogP contribution in [-0.4, -0.2) is 16.8 Å². The molecule has 1 N–H and O–H groups in total. The monoisotopic (exact) mass is 380 g/mol. The zero-order valence-corrected chi connectivity index (χ0v) is 16.7. The van der Waals surface area contributed by atoms with Crippen LogP contribution in [0, 0.1) is 20.8 Å². The molecule has 1 aromatic heterocycles. The summed E-state index contributed by atoms with van der Waals surface area (Å²) in [6, 6.07) is 18.2. The van der Waals surface area contributed by atoms with E-state index in [1.54, 1.807) is 11.8 Å². The summed E-state index contributed by atoms with van der Waals surface area (Å²) in [5.41, 5.74) is 5.32. The Balaban J connectivity index is 1.66. The number of aromatic nitrogens is 1. The van der Waals surface area contributed by atoms with Crippen molar-refractivity contribution in [3.63, 3.8) is 0 Å². The lowest BCUT2D eigenvalue weighted by atomic mass is 9.98. The van der Waals surface area contributed by atoms with Crippen molar-refractivity contribution in [3.8, 4) is 0 Å². The number of carbonyl (C=O) groups excluding carboxylic acids is 1. The van der Waals surface area contributed by atoms with E-state index in [2.05, 4.69) is 41.7 Å². The van der Waals surface area contributed by atoms with E-state index < -0.39 is 0 Å². The van der Waals surface area contributed by atoms with Crippen LogP contribution in [0.3, 0.4) is 0 Å². The Morgan fingerprint density at radius 3 is 2.33 bits per heavy atom. The van der Waals surface area contributed by atoms with Gasteiger partial charge in [-0.15, -0.1) is 11.8 Å². The predicted molar refractivity (Wildman–Crippen MR) is 110 cm³/mol. The van der Waals surface area contributed by atoms with E-state index in [-0.39, 0.29) is 11.9 Å². The molecule has 0 saturated carbocycles. The van der Waals surface area contributed by atoms with E-state index in [0.717, 1.165) is 33.9 Å². The third-order valence-electron chi connectivity index (χ3n) is 4.51. The highest BCUT2D eigenvalue weighted by atomic mass is 32.2. The SMILES string of the molecule is Cc1ccc(C(NC(=O)CSCc2c(C)noc2C)c2ccccc2)cc1. The molecule has 0 fully saturated rings. The van der Waals surface area contributed by atoms with E-state index in [1.165, 1.54) is 5.56 Å². The Labute approximate surface area is 164 Å². The molecule has 5 heteroatoms. The Morgan fingerprint density at radius 1 is 1.04 bits per heavy atom. The largest absolute Gasteiger partial charge is 0.361 e. The molecule has 0 radical (unpaired) electrons. The van der Waals surface area contributed by atoms with Crippen molar-refractivity contribution in [2.45, 2.75) is 32.6 Å². The van der Waals surface area contributed by atoms with Gasteiger partial charge in [-0.25, -0.2) is 0 Å². The molecule has 1 unspecified atom stereocenters. The van der Waals surface area contributed by atoms with Crippen molar-refractivity contribution in [2.24, 2.45) is 0 Å². The van der Waals surface area contributed by atoms with Gasteiger partial charge in [0, 0.05) is 11.3 Å². The molecular formula is C22H24N2O2S. The number of hydrogen-bond acceptors (Lipinski definition) is 4. The molecule has 2 aromatic carbocycles. The lowest BCUT2D eigenvalue weighted by Gasteiger charge is -2.20. The summed E-state index contributed by atoms with van der Waals surface area (Å²) in [4.78, 5) is 12.6. The highest BCUT2D eigenvalue weighted by Crippen LogP contribution is 2.23. The number of carbonyl (C=O) groups is 1. The molecule has 0 bridgehead atoms. The molecule has 4 nitrogen and oxygen atoms in total. The van der Waals surface area contributed by atoms with Gasteiger partial charge in [0.05, 0.1) is 17.5 Å². The van der Waals surface area contributed by atoms with Crippen LogP contribution in [0.4, 0.5) is 0 Å². The minimum Gasteiger partial charge on any atom is -0.361 e. The van der Waals surface area contributed by atoms with Gasteiger partial charge in [-0.3, -0.25) is 4.79 Å². The quantitative estimate of drug-likeness (QED) is 0.643. The van der Waals surface area contributed by atoms with Gasteiger partial charge in [0.1, 0.15) is 5.76 Å². The molecule has 27 heavy (non-hydrogen) atoms. The van der Waals surface area contributed by atoms with E-state index >= 15 is 0 Å². The molecule has 1 amide bonds. The number of benzene rings is 2. The Hall–Kier alpha value is -2.53. The Morgan fingerprint density at radius 2 is 1.70 bits per heavy atom. The summed E-state index contributed by atoms with van der Waals surface area (Å²) in [6.07, 6.45) is 0. The Bertz CT molecular complexity index is 869. The molecule has 0 spiro atoms. The van der Waals surface area contributed by atoms with Gasteiger partial charge in [-0.05, 0) is 31.9 Å². The average molecular weight is 381 g/mol. The van der Waals surface area contributed by atoms with Crippen LogP contribution >= 0.6 is 11.8 Å². The molecule has 140 valence electrons. The number of amides is 1. The third kappa shape index (κ3) is 5.01. The molecule has 1 heterocycles. The smallest absolute Gasteiger partial charge is 0.230 e. The number of nitrogens with one attached hydrogen (secondary N) is 1. The second-order valence-electron chi connectivity index (χ2n) is 6.62. The minimum atomic E-state index is -0.154.